The van der Waals surface area contributed by atoms with Crippen molar-refractivity contribution in [2.24, 2.45) is 0 Å². The standard InChI is InChI=1S/C44H79O10P/c1-3-5-7-9-11-13-15-17-19-20-22-24-26-28-30-32-34-36-44(48)54-42(40-53-55(49,50)52-38-41(46)37-45)39-51-43(47)35-33-31-29-27-25-23-21-18-16-14-12-10-8-6-4-2/h11-14,17-19,21,41-42,45-46H,3-10,15-16,20,22-40H2,1-2H3,(H,49,50)/b13-11-,14-12-,19-17-,21-18-. The van der Waals surface area contributed by atoms with Gasteiger partial charge in [-0.05, 0) is 77.0 Å². The molecule has 320 valence electrons. The molecule has 3 N–H and O–H groups in total. The highest BCUT2D eigenvalue weighted by Gasteiger charge is 2.27. The van der Waals surface area contributed by atoms with Crippen LogP contribution in [-0.2, 0) is 32.7 Å². The summed E-state index contributed by atoms with van der Waals surface area (Å²) in [6.45, 7) is 2.30. The molecule has 0 saturated carbocycles. The summed E-state index contributed by atoms with van der Waals surface area (Å²) >= 11 is 0. The molecule has 0 aliphatic carbocycles. The minimum Gasteiger partial charge on any atom is -0.462 e. The number of phosphoric acid groups is 1. The highest BCUT2D eigenvalue weighted by molar-refractivity contribution is 7.47. The summed E-state index contributed by atoms with van der Waals surface area (Å²) in [7, 11) is -4.62. The second kappa shape index (κ2) is 40.1. The summed E-state index contributed by atoms with van der Waals surface area (Å²) in [5.74, 6) is -0.951. The maximum absolute atomic E-state index is 12.6. The van der Waals surface area contributed by atoms with E-state index in [1.165, 1.54) is 57.8 Å². The van der Waals surface area contributed by atoms with Crippen LogP contribution in [0.5, 0.6) is 0 Å². The van der Waals surface area contributed by atoms with E-state index in [2.05, 4.69) is 67.0 Å². The molecule has 0 heterocycles. The van der Waals surface area contributed by atoms with E-state index in [1.807, 2.05) is 0 Å². The van der Waals surface area contributed by atoms with Gasteiger partial charge in [-0.3, -0.25) is 18.6 Å². The first-order valence-corrected chi connectivity index (χ1v) is 23.1. The van der Waals surface area contributed by atoms with Gasteiger partial charge in [-0.1, -0.05) is 140 Å². The number of unbranched alkanes of at least 4 members (excludes halogenated alkanes) is 18. The van der Waals surface area contributed by atoms with Gasteiger partial charge in [-0.25, -0.2) is 4.57 Å². The molecule has 0 radical (unpaired) electrons. The zero-order valence-corrected chi connectivity index (χ0v) is 35.5. The van der Waals surface area contributed by atoms with Gasteiger partial charge in [0.1, 0.15) is 12.7 Å². The maximum Gasteiger partial charge on any atom is 0.472 e. The zero-order valence-electron chi connectivity index (χ0n) is 34.6. The highest BCUT2D eigenvalue weighted by atomic mass is 31.2. The molecule has 11 heteroatoms. The lowest BCUT2D eigenvalue weighted by molar-refractivity contribution is -0.161. The molecule has 3 atom stereocenters. The SMILES string of the molecule is CCCCC/C=C\C/C=C\CCCCCCCCCC(=O)OC(COC(=O)CCCCCCC/C=C\C/C=C\CCCCC)COP(=O)(O)OCC(O)CO. The number of rotatable bonds is 40. The average molecular weight is 799 g/mol. The first kappa shape index (κ1) is 52.9. The zero-order chi connectivity index (χ0) is 40.5. The minimum absolute atomic E-state index is 0.171. The molecule has 0 rings (SSSR count). The Balaban J connectivity index is 4.34. The first-order chi connectivity index (χ1) is 26.7. The largest absolute Gasteiger partial charge is 0.472 e. The van der Waals surface area contributed by atoms with E-state index >= 15 is 0 Å². The van der Waals surface area contributed by atoms with Crippen molar-refractivity contribution >= 4 is 19.8 Å². The lowest BCUT2D eigenvalue weighted by atomic mass is 10.1. The Morgan fingerprint density at radius 3 is 1.40 bits per heavy atom. The summed E-state index contributed by atoms with van der Waals surface area (Å²) in [4.78, 5) is 35.0. The Morgan fingerprint density at radius 2 is 0.945 bits per heavy atom. The Bertz CT molecular complexity index is 1060. The van der Waals surface area contributed by atoms with Crippen LogP contribution in [0.3, 0.4) is 0 Å². The van der Waals surface area contributed by atoms with Crippen molar-refractivity contribution in [1.29, 1.82) is 0 Å². The molecule has 55 heavy (non-hydrogen) atoms. The molecule has 0 aliphatic rings. The van der Waals surface area contributed by atoms with Crippen LogP contribution >= 0.6 is 7.82 Å². The number of hydrogen-bond donors (Lipinski definition) is 3. The fraction of sp³-hybridized carbons (Fsp3) is 0.773. The van der Waals surface area contributed by atoms with E-state index in [9.17, 15) is 24.2 Å². The smallest absolute Gasteiger partial charge is 0.462 e. The van der Waals surface area contributed by atoms with Gasteiger partial charge in [-0.2, -0.15) is 0 Å². The molecular formula is C44H79O10P. The van der Waals surface area contributed by atoms with Crippen molar-refractivity contribution in [3.63, 3.8) is 0 Å². The highest BCUT2D eigenvalue weighted by Crippen LogP contribution is 2.43. The second-order valence-corrected chi connectivity index (χ2v) is 15.8. The third kappa shape index (κ3) is 39.9. The number of allylic oxidation sites excluding steroid dienone is 8. The van der Waals surface area contributed by atoms with E-state index in [1.54, 1.807) is 0 Å². The molecule has 0 aromatic heterocycles. The van der Waals surface area contributed by atoms with E-state index in [0.717, 1.165) is 83.5 Å². The van der Waals surface area contributed by atoms with Gasteiger partial charge in [0.2, 0.25) is 0 Å². The van der Waals surface area contributed by atoms with E-state index < -0.39 is 51.8 Å². The molecule has 0 amide bonds. The van der Waals surface area contributed by atoms with Crippen molar-refractivity contribution in [2.45, 2.75) is 193 Å². The molecule has 0 saturated heterocycles. The van der Waals surface area contributed by atoms with Crippen molar-refractivity contribution in [3.8, 4) is 0 Å². The quantitative estimate of drug-likeness (QED) is 0.0237. The van der Waals surface area contributed by atoms with Crippen LogP contribution in [0.1, 0.15) is 181 Å². The third-order valence-corrected chi connectivity index (χ3v) is 9.91. The molecule has 3 unspecified atom stereocenters. The summed E-state index contributed by atoms with van der Waals surface area (Å²) in [5, 5.41) is 18.3. The Morgan fingerprint density at radius 1 is 0.545 bits per heavy atom. The summed E-state index contributed by atoms with van der Waals surface area (Å²) < 4.78 is 32.7. The summed E-state index contributed by atoms with van der Waals surface area (Å²) in [5.41, 5.74) is 0. The van der Waals surface area contributed by atoms with Gasteiger partial charge < -0.3 is 24.6 Å². The van der Waals surface area contributed by atoms with Crippen LogP contribution in [0, 0.1) is 0 Å². The number of aliphatic hydroxyl groups is 2. The predicted molar refractivity (Wildman–Crippen MR) is 224 cm³/mol. The van der Waals surface area contributed by atoms with Crippen molar-refractivity contribution in [3.05, 3.63) is 48.6 Å². The topological polar surface area (TPSA) is 149 Å². The molecule has 0 fully saturated rings. The average Bonchev–Trinajstić information content (AvgIpc) is 3.17. The molecule has 0 spiro atoms. The van der Waals surface area contributed by atoms with E-state index in [-0.39, 0.29) is 19.4 Å². The van der Waals surface area contributed by atoms with Gasteiger partial charge in [0.05, 0.1) is 19.8 Å². The number of aliphatic hydroxyl groups excluding tert-OH is 2. The van der Waals surface area contributed by atoms with Gasteiger partial charge in [0.15, 0.2) is 6.10 Å². The fourth-order valence-electron chi connectivity index (χ4n) is 5.58. The molecule has 0 aromatic carbocycles. The molecule has 10 nitrogen and oxygen atoms in total. The molecular weight excluding hydrogens is 719 g/mol. The number of hydrogen-bond acceptors (Lipinski definition) is 9. The van der Waals surface area contributed by atoms with Crippen molar-refractivity contribution < 1.29 is 47.8 Å². The third-order valence-electron chi connectivity index (χ3n) is 8.96. The van der Waals surface area contributed by atoms with Crippen LogP contribution in [0.2, 0.25) is 0 Å². The second-order valence-electron chi connectivity index (χ2n) is 14.4. The van der Waals surface area contributed by atoms with Gasteiger partial charge >= 0.3 is 19.8 Å². The normalized spacial score (nSPS) is 14.3. The van der Waals surface area contributed by atoms with Crippen LogP contribution in [0.15, 0.2) is 48.6 Å². The number of carbonyl (C=O) groups excluding carboxylic acids is 2. The molecule has 0 aromatic rings. The number of phosphoric ester groups is 1. The first-order valence-electron chi connectivity index (χ1n) is 21.6. The number of esters is 2. The Kier molecular flexibility index (Phi) is 38.6. The van der Waals surface area contributed by atoms with Gasteiger partial charge in [0, 0.05) is 12.8 Å². The van der Waals surface area contributed by atoms with Gasteiger partial charge in [0.25, 0.3) is 0 Å². The molecule has 0 aliphatic heterocycles. The number of carbonyl (C=O) groups is 2. The van der Waals surface area contributed by atoms with Crippen LogP contribution < -0.4 is 0 Å². The Labute approximate surface area is 334 Å². The monoisotopic (exact) mass is 799 g/mol. The van der Waals surface area contributed by atoms with Crippen molar-refractivity contribution in [1.82, 2.24) is 0 Å². The van der Waals surface area contributed by atoms with E-state index in [0.29, 0.717) is 12.8 Å². The van der Waals surface area contributed by atoms with Crippen molar-refractivity contribution in [2.75, 3.05) is 26.4 Å². The fourth-order valence-corrected chi connectivity index (χ4v) is 6.37. The Hall–Kier alpha value is -2.07. The lowest BCUT2D eigenvalue weighted by Crippen LogP contribution is -2.29. The van der Waals surface area contributed by atoms with E-state index in [4.69, 9.17) is 19.1 Å². The minimum atomic E-state index is -4.62. The van der Waals surface area contributed by atoms with Crippen LogP contribution in [0.25, 0.3) is 0 Å². The van der Waals surface area contributed by atoms with Gasteiger partial charge in [-0.15, -0.1) is 0 Å². The summed E-state index contributed by atoms with van der Waals surface area (Å²) in [6, 6.07) is 0. The predicted octanol–water partition coefficient (Wildman–Crippen LogP) is 11.3. The number of ether oxygens (including phenoxy) is 2. The van der Waals surface area contributed by atoms with Crippen LogP contribution in [-0.4, -0.2) is 65.7 Å². The molecule has 0 bridgehead atoms. The summed E-state index contributed by atoms with van der Waals surface area (Å²) in [6.07, 6.45) is 42.1. The lowest BCUT2D eigenvalue weighted by Gasteiger charge is -2.20. The van der Waals surface area contributed by atoms with Crippen LogP contribution in [0.4, 0.5) is 0 Å². The maximum atomic E-state index is 12.6.